The molecule has 0 radical (unpaired) electrons. The standard InChI is InChI=1S/C9H15NOS2/c11-9(7-1-3-12-5-7)10-8-2-4-13-6-8/h7-8H,1-6H2,(H,10,11). The Hall–Kier alpha value is 0.170. The molecular formula is C9H15NOS2. The zero-order valence-corrected chi connectivity index (χ0v) is 9.26. The molecule has 0 saturated carbocycles. The smallest absolute Gasteiger partial charge is 0.224 e. The summed E-state index contributed by atoms with van der Waals surface area (Å²) in [6.45, 7) is 0. The van der Waals surface area contributed by atoms with Crippen molar-refractivity contribution in [3.63, 3.8) is 0 Å². The Morgan fingerprint density at radius 2 is 1.92 bits per heavy atom. The predicted octanol–water partition coefficient (Wildman–Crippen LogP) is 1.36. The van der Waals surface area contributed by atoms with E-state index in [0.29, 0.717) is 17.9 Å². The van der Waals surface area contributed by atoms with Gasteiger partial charge in [0.05, 0.1) is 0 Å². The number of rotatable bonds is 2. The highest BCUT2D eigenvalue weighted by Crippen LogP contribution is 2.24. The van der Waals surface area contributed by atoms with E-state index >= 15 is 0 Å². The second-order valence-corrected chi connectivity index (χ2v) is 5.93. The molecule has 13 heavy (non-hydrogen) atoms. The summed E-state index contributed by atoms with van der Waals surface area (Å²) >= 11 is 3.85. The summed E-state index contributed by atoms with van der Waals surface area (Å²) in [6, 6.07) is 0.461. The maximum absolute atomic E-state index is 11.7. The molecule has 2 nitrogen and oxygen atoms in total. The van der Waals surface area contributed by atoms with Gasteiger partial charge in [0.15, 0.2) is 0 Å². The fourth-order valence-electron chi connectivity index (χ4n) is 1.71. The Labute approximate surface area is 87.6 Å². The van der Waals surface area contributed by atoms with Crippen LogP contribution in [0.1, 0.15) is 12.8 Å². The van der Waals surface area contributed by atoms with Gasteiger partial charge >= 0.3 is 0 Å². The number of nitrogens with one attached hydrogen (secondary N) is 1. The van der Waals surface area contributed by atoms with Gasteiger partial charge in [-0.2, -0.15) is 23.5 Å². The zero-order chi connectivity index (χ0) is 9.10. The molecule has 2 heterocycles. The highest BCUT2D eigenvalue weighted by atomic mass is 32.2. The lowest BCUT2D eigenvalue weighted by molar-refractivity contribution is -0.124. The Kier molecular flexibility index (Phi) is 3.44. The first-order chi connectivity index (χ1) is 6.36. The molecule has 2 fully saturated rings. The van der Waals surface area contributed by atoms with Gasteiger partial charge in [0.25, 0.3) is 0 Å². The van der Waals surface area contributed by atoms with E-state index in [-0.39, 0.29) is 0 Å². The second-order valence-electron chi connectivity index (χ2n) is 3.63. The van der Waals surface area contributed by atoms with E-state index in [2.05, 4.69) is 5.32 Å². The molecule has 0 aromatic carbocycles. The fraction of sp³-hybridized carbons (Fsp3) is 0.889. The predicted molar refractivity (Wildman–Crippen MR) is 59.3 cm³/mol. The monoisotopic (exact) mass is 217 g/mol. The molecule has 2 atom stereocenters. The van der Waals surface area contributed by atoms with Crippen molar-refractivity contribution in [2.75, 3.05) is 23.0 Å². The third-order valence-electron chi connectivity index (χ3n) is 2.58. The zero-order valence-electron chi connectivity index (χ0n) is 7.62. The Balaban J connectivity index is 1.76. The van der Waals surface area contributed by atoms with Gasteiger partial charge in [-0.3, -0.25) is 4.79 Å². The molecule has 74 valence electrons. The molecule has 2 saturated heterocycles. The van der Waals surface area contributed by atoms with Crippen LogP contribution in [0.15, 0.2) is 0 Å². The second kappa shape index (κ2) is 4.60. The largest absolute Gasteiger partial charge is 0.352 e. The summed E-state index contributed by atoms with van der Waals surface area (Å²) in [5.74, 6) is 5.13. The first-order valence-electron chi connectivity index (χ1n) is 4.82. The highest BCUT2D eigenvalue weighted by molar-refractivity contribution is 7.99. The van der Waals surface area contributed by atoms with E-state index in [1.807, 2.05) is 23.5 Å². The van der Waals surface area contributed by atoms with Gasteiger partial charge in [-0.1, -0.05) is 0 Å². The maximum Gasteiger partial charge on any atom is 0.224 e. The van der Waals surface area contributed by atoms with Gasteiger partial charge in [-0.25, -0.2) is 0 Å². The molecular weight excluding hydrogens is 202 g/mol. The number of thioether (sulfide) groups is 2. The summed E-state index contributed by atoms with van der Waals surface area (Å²) < 4.78 is 0. The lowest BCUT2D eigenvalue weighted by Gasteiger charge is -2.14. The summed E-state index contributed by atoms with van der Waals surface area (Å²) in [4.78, 5) is 11.7. The van der Waals surface area contributed by atoms with Crippen LogP contribution < -0.4 is 5.32 Å². The number of amides is 1. The van der Waals surface area contributed by atoms with Crippen molar-refractivity contribution in [3.8, 4) is 0 Å². The minimum Gasteiger partial charge on any atom is -0.352 e. The normalized spacial score (nSPS) is 33.5. The van der Waals surface area contributed by atoms with Gasteiger partial charge in [-0.05, 0) is 24.3 Å². The summed E-state index contributed by atoms with van der Waals surface area (Å²) in [6.07, 6.45) is 2.24. The Morgan fingerprint density at radius 1 is 1.15 bits per heavy atom. The molecule has 4 heteroatoms. The van der Waals surface area contributed by atoms with E-state index in [4.69, 9.17) is 0 Å². The third-order valence-corrected chi connectivity index (χ3v) is 4.90. The number of carbonyl (C=O) groups excluding carboxylic acids is 1. The van der Waals surface area contributed by atoms with Gasteiger partial charge in [0.1, 0.15) is 0 Å². The Bertz CT molecular complexity index is 186. The lowest BCUT2D eigenvalue weighted by Crippen LogP contribution is -2.38. The molecule has 2 aliphatic heterocycles. The van der Waals surface area contributed by atoms with Crippen molar-refractivity contribution < 1.29 is 4.79 Å². The average molecular weight is 217 g/mol. The van der Waals surface area contributed by atoms with Crippen molar-refractivity contribution in [3.05, 3.63) is 0 Å². The Morgan fingerprint density at radius 3 is 2.54 bits per heavy atom. The minimum atomic E-state index is 0.301. The van der Waals surface area contributed by atoms with Crippen LogP contribution >= 0.6 is 23.5 Å². The van der Waals surface area contributed by atoms with Gasteiger partial charge in [-0.15, -0.1) is 0 Å². The van der Waals surface area contributed by atoms with Crippen LogP contribution in [0.4, 0.5) is 0 Å². The quantitative estimate of drug-likeness (QED) is 0.757. The average Bonchev–Trinajstić information content (AvgIpc) is 2.74. The first-order valence-corrected chi connectivity index (χ1v) is 7.13. The molecule has 0 bridgehead atoms. The number of hydrogen-bond donors (Lipinski definition) is 1. The lowest BCUT2D eigenvalue weighted by atomic mass is 10.1. The molecule has 0 spiro atoms. The van der Waals surface area contributed by atoms with Crippen LogP contribution in [-0.4, -0.2) is 35.0 Å². The molecule has 2 rings (SSSR count). The van der Waals surface area contributed by atoms with Crippen LogP contribution in [0.5, 0.6) is 0 Å². The van der Waals surface area contributed by atoms with Crippen molar-refractivity contribution in [1.82, 2.24) is 5.32 Å². The van der Waals surface area contributed by atoms with Crippen LogP contribution in [0.25, 0.3) is 0 Å². The van der Waals surface area contributed by atoms with Gasteiger partial charge < -0.3 is 5.32 Å². The van der Waals surface area contributed by atoms with Gasteiger partial charge in [0.2, 0.25) is 5.91 Å². The SMILES string of the molecule is O=C(NC1CCSC1)C1CCSC1. The van der Waals surface area contributed by atoms with Crippen molar-refractivity contribution in [2.45, 2.75) is 18.9 Å². The molecule has 0 aromatic rings. The third kappa shape index (κ3) is 2.56. The first kappa shape index (κ1) is 9.71. The topological polar surface area (TPSA) is 29.1 Å². The van der Waals surface area contributed by atoms with Crippen molar-refractivity contribution in [2.24, 2.45) is 5.92 Å². The minimum absolute atomic E-state index is 0.301. The van der Waals surface area contributed by atoms with Crippen molar-refractivity contribution >= 4 is 29.4 Å². The maximum atomic E-state index is 11.7. The molecule has 2 unspecified atom stereocenters. The molecule has 1 amide bonds. The van der Waals surface area contributed by atoms with Crippen LogP contribution in [0.3, 0.4) is 0 Å². The molecule has 2 aliphatic rings. The van der Waals surface area contributed by atoms with E-state index in [9.17, 15) is 4.79 Å². The van der Waals surface area contributed by atoms with Crippen LogP contribution in [-0.2, 0) is 4.79 Å². The summed E-state index contributed by atoms with van der Waals surface area (Å²) in [5, 5.41) is 3.15. The molecule has 0 aromatic heterocycles. The van der Waals surface area contributed by atoms with Crippen molar-refractivity contribution in [1.29, 1.82) is 0 Å². The summed E-state index contributed by atoms with van der Waals surface area (Å²) in [5.41, 5.74) is 0. The summed E-state index contributed by atoms with van der Waals surface area (Å²) in [7, 11) is 0. The van der Waals surface area contributed by atoms with E-state index < -0.39 is 0 Å². The fourth-order valence-corrected chi connectivity index (χ4v) is 4.08. The number of hydrogen-bond acceptors (Lipinski definition) is 3. The highest BCUT2D eigenvalue weighted by Gasteiger charge is 2.26. The molecule has 1 N–H and O–H groups in total. The van der Waals surface area contributed by atoms with E-state index in [0.717, 1.165) is 30.1 Å². The van der Waals surface area contributed by atoms with E-state index in [1.165, 1.54) is 5.75 Å². The van der Waals surface area contributed by atoms with Crippen LogP contribution in [0, 0.1) is 5.92 Å². The molecule has 0 aliphatic carbocycles. The van der Waals surface area contributed by atoms with Crippen LogP contribution in [0.2, 0.25) is 0 Å². The number of carbonyl (C=O) groups is 1. The van der Waals surface area contributed by atoms with E-state index in [1.54, 1.807) is 0 Å². The van der Waals surface area contributed by atoms with Gasteiger partial charge in [0, 0.05) is 23.5 Å².